The molecular weight excluding hydrogens is 368 g/mol. The first-order valence-electron chi connectivity index (χ1n) is 10.0. The number of hydrogen-bond donors (Lipinski definition) is 1. The Hall–Kier alpha value is -2.80. The molecule has 2 aromatic rings. The topological polar surface area (TPSA) is 66.9 Å². The molecule has 2 aliphatic heterocycles. The molecule has 1 N–H and O–H groups in total. The van der Waals surface area contributed by atoms with Crippen LogP contribution in [0.25, 0.3) is 0 Å². The number of nitrogens with zero attached hydrogens (tertiary/aromatic N) is 3. The average molecular weight is 396 g/mol. The van der Waals surface area contributed by atoms with Gasteiger partial charge in [0.1, 0.15) is 5.82 Å². The van der Waals surface area contributed by atoms with Gasteiger partial charge in [0.2, 0.25) is 12.7 Å². The van der Waals surface area contributed by atoms with Crippen molar-refractivity contribution in [3.05, 3.63) is 42.1 Å². The Kier molecular flexibility index (Phi) is 5.32. The third kappa shape index (κ3) is 4.62. The summed E-state index contributed by atoms with van der Waals surface area (Å²) < 4.78 is 10.9. The summed E-state index contributed by atoms with van der Waals surface area (Å²) in [4.78, 5) is 21.3. The molecule has 7 nitrogen and oxygen atoms in total. The number of anilines is 2. The van der Waals surface area contributed by atoms with Gasteiger partial charge in [0.25, 0.3) is 0 Å². The predicted molar refractivity (Wildman–Crippen MR) is 112 cm³/mol. The van der Waals surface area contributed by atoms with Gasteiger partial charge < -0.3 is 19.7 Å². The molecule has 0 unspecified atom stereocenters. The van der Waals surface area contributed by atoms with E-state index in [0.717, 1.165) is 49.9 Å². The number of piperazine rings is 1. The molecule has 3 heterocycles. The second kappa shape index (κ2) is 7.91. The largest absolute Gasteiger partial charge is 0.454 e. The summed E-state index contributed by atoms with van der Waals surface area (Å²) in [6.07, 6.45) is 1.84. The van der Waals surface area contributed by atoms with Crippen molar-refractivity contribution in [1.82, 2.24) is 9.88 Å². The second-order valence-corrected chi connectivity index (χ2v) is 8.56. The standard InChI is InChI=1S/C22H28N4O3/c1-22(2,3)21(27)24-20-7-5-17(13-23-20)26-10-8-25(9-11-26)14-16-4-6-18-19(12-16)29-15-28-18/h4-7,12-13H,8-11,14-15H2,1-3H3,(H,23,24,27). The van der Waals surface area contributed by atoms with Crippen LogP contribution in [0.1, 0.15) is 26.3 Å². The number of carbonyl (C=O) groups is 1. The van der Waals surface area contributed by atoms with E-state index in [4.69, 9.17) is 9.47 Å². The third-order valence-electron chi connectivity index (χ3n) is 5.25. The molecule has 4 rings (SSSR count). The number of ether oxygens (including phenoxy) is 2. The summed E-state index contributed by atoms with van der Waals surface area (Å²) in [7, 11) is 0. The first-order valence-corrected chi connectivity index (χ1v) is 10.0. The first kappa shape index (κ1) is 19.5. The van der Waals surface area contributed by atoms with E-state index in [1.54, 1.807) is 0 Å². The third-order valence-corrected chi connectivity index (χ3v) is 5.25. The van der Waals surface area contributed by atoms with Crippen molar-refractivity contribution in [3.63, 3.8) is 0 Å². The van der Waals surface area contributed by atoms with Gasteiger partial charge in [-0.05, 0) is 29.8 Å². The molecule has 7 heteroatoms. The number of carbonyl (C=O) groups excluding carboxylic acids is 1. The van der Waals surface area contributed by atoms with Crippen LogP contribution in [0, 0.1) is 5.41 Å². The number of pyridine rings is 1. The molecule has 1 saturated heterocycles. The zero-order valence-corrected chi connectivity index (χ0v) is 17.3. The van der Waals surface area contributed by atoms with Gasteiger partial charge in [-0.15, -0.1) is 0 Å². The highest BCUT2D eigenvalue weighted by Gasteiger charge is 2.22. The van der Waals surface area contributed by atoms with Gasteiger partial charge in [0.15, 0.2) is 11.5 Å². The molecule has 0 radical (unpaired) electrons. The van der Waals surface area contributed by atoms with Crippen LogP contribution in [0.2, 0.25) is 0 Å². The maximum absolute atomic E-state index is 12.1. The Balaban J connectivity index is 1.30. The quantitative estimate of drug-likeness (QED) is 0.857. The minimum atomic E-state index is -0.436. The maximum Gasteiger partial charge on any atom is 0.231 e. The number of aromatic nitrogens is 1. The van der Waals surface area contributed by atoms with Crippen LogP contribution in [0.15, 0.2) is 36.5 Å². The number of hydrogen-bond acceptors (Lipinski definition) is 6. The lowest BCUT2D eigenvalue weighted by atomic mass is 9.96. The Morgan fingerprint density at radius 3 is 2.52 bits per heavy atom. The molecule has 1 aromatic carbocycles. The minimum absolute atomic E-state index is 0.0325. The van der Waals surface area contributed by atoms with E-state index in [2.05, 4.69) is 32.2 Å². The van der Waals surface area contributed by atoms with Gasteiger partial charge >= 0.3 is 0 Å². The predicted octanol–water partition coefficient (Wildman–Crippen LogP) is 3.12. The lowest BCUT2D eigenvalue weighted by Crippen LogP contribution is -2.46. The van der Waals surface area contributed by atoms with Gasteiger partial charge in [0.05, 0.1) is 11.9 Å². The fourth-order valence-corrected chi connectivity index (χ4v) is 3.41. The minimum Gasteiger partial charge on any atom is -0.454 e. The highest BCUT2D eigenvalue weighted by molar-refractivity contribution is 5.93. The van der Waals surface area contributed by atoms with Crippen molar-refractivity contribution in [1.29, 1.82) is 0 Å². The molecule has 1 amide bonds. The van der Waals surface area contributed by atoms with E-state index >= 15 is 0 Å². The molecule has 1 aromatic heterocycles. The molecule has 29 heavy (non-hydrogen) atoms. The number of amides is 1. The molecule has 0 atom stereocenters. The Labute approximate surface area is 171 Å². The molecular formula is C22H28N4O3. The zero-order chi connectivity index (χ0) is 20.4. The number of rotatable bonds is 4. The smallest absolute Gasteiger partial charge is 0.231 e. The van der Waals surface area contributed by atoms with E-state index in [1.165, 1.54) is 5.56 Å². The number of benzene rings is 1. The van der Waals surface area contributed by atoms with Crippen molar-refractivity contribution >= 4 is 17.4 Å². The number of nitrogens with one attached hydrogen (secondary N) is 1. The molecule has 0 saturated carbocycles. The average Bonchev–Trinajstić information content (AvgIpc) is 3.16. The molecule has 0 spiro atoms. The summed E-state index contributed by atoms with van der Waals surface area (Å²) in [5.74, 6) is 2.23. The van der Waals surface area contributed by atoms with Gasteiger partial charge in [-0.1, -0.05) is 26.8 Å². The Bertz CT molecular complexity index is 869. The molecule has 2 aliphatic rings. The summed E-state index contributed by atoms with van der Waals surface area (Å²) >= 11 is 0. The Morgan fingerprint density at radius 1 is 1.07 bits per heavy atom. The van der Waals surface area contributed by atoms with Crippen molar-refractivity contribution in [2.45, 2.75) is 27.3 Å². The van der Waals surface area contributed by atoms with Crippen molar-refractivity contribution < 1.29 is 14.3 Å². The fourth-order valence-electron chi connectivity index (χ4n) is 3.41. The van der Waals surface area contributed by atoms with Crippen LogP contribution < -0.4 is 19.7 Å². The zero-order valence-electron chi connectivity index (χ0n) is 17.3. The van der Waals surface area contributed by atoms with Crippen LogP contribution in [-0.4, -0.2) is 48.8 Å². The van der Waals surface area contributed by atoms with Gasteiger partial charge in [0, 0.05) is 38.1 Å². The highest BCUT2D eigenvalue weighted by atomic mass is 16.7. The van der Waals surface area contributed by atoms with E-state index in [9.17, 15) is 4.79 Å². The fraction of sp³-hybridized carbons (Fsp3) is 0.455. The monoisotopic (exact) mass is 396 g/mol. The van der Waals surface area contributed by atoms with Crippen LogP contribution >= 0.6 is 0 Å². The van der Waals surface area contributed by atoms with Gasteiger partial charge in [-0.2, -0.15) is 0 Å². The van der Waals surface area contributed by atoms with E-state index in [-0.39, 0.29) is 5.91 Å². The van der Waals surface area contributed by atoms with Crippen LogP contribution in [0.3, 0.4) is 0 Å². The second-order valence-electron chi connectivity index (χ2n) is 8.56. The van der Waals surface area contributed by atoms with Crippen molar-refractivity contribution in [2.75, 3.05) is 43.2 Å². The molecule has 1 fully saturated rings. The van der Waals surface area contributed by atoms with Crippen LogP contribution in [0.5, 0.6) is 11.5 Å². The van der Waals surface area contributed by atoms with E-state index in [1.807, 2.05) is 45.2 Å². The summed E-state index contributed by atoms with van der Waals surface area (Å²) in [5.41, 5.74) is 1.89. The summed E-state index contributed by atoms with van der Waals surface area (Å²) in [5, 5.41) is 2.87. The van der Waals surface area contributed by atoms with Crippen LogP contribution in [0.4, 0.5) is 11.5 Å². The maximum atomic E-state index is 12.1. The number of fused-ring (bicyclic) bond motifs is 1. The summed E-state index contributed by atoms with van der Waals surface area (Å²) in [6, 6.07) is 10.1. The van der Waals surface area contributed by atoms with E-state index < -0.39 is 5.41 Å². The highest BCUT2D eigenvalue weighted by Crippen LogP contribution is 2.33. The molecule has 0 aliphatic carbocycles. The van der Waals surface area contributed by atoms with Gasteiger partial charge in [-0.25, -0.2) is 4.98 Å². The van der Waals surface area contributed by atoms with E-state index in [0.29, 0.717) is 12.6 Å². The SMILES string of the molecule is CC(C)(C)C(=O)Nc1ccc(N2CCN(Cc3ccc4c(c3)OCO4)CC2)cn1. The van der Waals surface area contributed by atoms with Crippen LogP contribution in [-0.2, 0) is 11.3 Å². The lowest BCUT2D eigenvalue weighted by molar-refractivity contribution is -0.123. The molecule has 154 valence electrons. The first-order chi connectivity index (χ1) is 13.9. The normalized spacial score (nSPS) is 16.7. The lowest BCUT2D eigenvalue weighted by Gasteiger charge is -2.36. The van der Waals surface area contributed by atoms with Crippen molar-refractivity contribution in [3.8, 4) is 11.5 Å². The van der Waals surface area contributed by atoms with Gasteiger partial charge in [-0.3, -0.25) is 9.69 Å². The Morgan fingerprint density at radius 2 is 1.83 bits per heavy atom. The summed E-state index contributed by atoms with van der Waals surface area (Å²) in [6.45, 7) is 10.7. The van der Waals surface area contributed by atoms with Crippen molar-refractivity contribution in [2.24, 2.45) is 5.41 Å². The molecule has 0 bridgehead atoms.